The summed E-state index contributed by atoms with van der Waals surface area (Å²) >= 11 is 0. The van der Waals surface area contributed by atoms with E-state index in [4.69, 9.17) is 5.73 Å². The van der Waals surface area contributed by atoms with Crippen LogP contribution in [0.2, 0.25) is 0 Å². The summed E-state index contributed by atoms with van der Waals surface area (Å²) in [5.41, 5.74) is 9.01. The molecule has 1 aliphatic heterocycles. The molecule has 8 nitrogen and oxygen atoms in total. The third kappa shape index (κ3) is 3.16. The fourth-order valence-corrected chi connectivity index (χ4v) is 3.74. The van der Waals surface area contributed by atoms with Gasteiger partial charge in [0.1, 0.15) is 0 Å². The molecule has 2 aliphatic rings. The first-order chi connectivity index (χ1) is 12.7. The number of carbonyl (C=O) groups excluding carboxylic acids is 1. The largest absolute Gasteiger partial charge is 0.350 e. The van der Waals surface area contributed by atoms with Crippen LogP contribution in [0, 0.1) is 0 Å². The first-order valence-corrected chi connectivity index (χ1v) is 9.39. The van der Waals surface area contributed by atoms with Gasteiger partial charge in [-0.05, 0) is 19.3 Å². The van der Waals surface area contributed by atoms with E-state index in [1.807, 2.05) is 10.9 Å². The van der Waals surface area contributed by atoms with E-state index in [1.54, 1.807) is 6.20 Å². The molecule has 1 fully saturated rings. The quantitative estimate of drug-likeness (QED) is 0.752. The first-order valence-electron chi connectivity index (χ1n) is 9.39. The Bertz CT molecular complexity index is 816. The molecule has 1 aliphatic carbocycles. The van der Waals surface area contributed by atoms with Gasteiger partial charge in [-0.15, -0.1) is 0 Å². The molecule has 0 radical (unpaired) electrons. The van der Waals surface area contributed by atoms with Crippen molar-refractivity contribution in [3.05, 3.63) is 23.7 Å². The monoisotopic (exact) mass is 355 g/mol. The highest BCUT2D eigenvalue weighted by molar-refractivity contribution is 6.03. The molecule has 1 saturated carbocycles. The number of nitrogens with two attached hydrogens (primary N) is 1. The number of amides is 1. The number of nitrogens with one attached hydrogen (secondary N) is 2. The Hall–Kier alpha value is -2.48. The van der Waals surface area contributed by atoms with Gasteiger partial charge in [0.15, 0.2) is 0 Å². The summed E-state index contributed by atoms with van der Waals surface area (Å²) in [6.45, 7) is 3.37. The number of fused-ring (bicyclic) bond motifs is 1. The number of anilines is 1. The van der Waals surface area contributed by atoms with E-state index in [2.05, 4.69) is 32.6 Å². The SMILES string of the molecule is CCCn1cc(-c2nc(N[C@@H]3CCCC[C@@H]3N)nc3c2C(=O)NC3)cn1. The Labute approximate surface area is 152 Å². The van der Waals surface area contributed by atoms with Crippen molar-refractivity contribution in [3.63, 3.8) is 0 Å². The van der Waals surface area contributed by atoms with Crippen molar-refractivity contribution in [2.75, 3.05) is 5.32 Å². The predicted octanol–water partition coefficient (Wildman–Crippen LogP) is 1.68. The van der Waals surface area contributed by atoms with Gasteiger partial charge in [0.05, 0.1) is 29.7 Å². The minimum Gasteiger partial charge on any atom is -0.350 e. The van der Waals surface area contributed by atoms with Crippen LogP contribution in [0.25, 0.3) is 11.3 Å². The maximum atomic E-state index is 12.3. The van der Waals surface area contributed by atoms with Gasteiger partial charge < -0.3 is 16.4 Å². The maximum Gasteiger partial charge on any atom is 0.255 e. The van der Waals surface area contributed by atoms with Crippen molar-refractivity contribution >= 4 is 11.9 Å². The Morgan fingerprint density at radius 1 is 1.35 bits per heavy atom. The van der Waals surface area contributed by atoms with Gasteiger partial charge in [-0.3, -0.25) is 9.48 Å². The lowest BCUT2D eigenvalue weighted by molar-refractivity contribution is 0.0966. The van der Waals surface area contributed by atoms with Gasteiger partial charge >= 0.3 is 0 Å². The summed E-state index contributed by atoms with van der Waals surface area (Å²) < 4.78 is 1.88. The zero-order valence-corrected chi connectivity index (χ0v) is 15.0. The number of aryl methyl sites for hydroxylation is 1. The number of hydrogen-bond acceptors (Lipinski definition) is 6. The highest BCUT2D eigenvalue weighted by Gasteiger charge is 2.29. The zero-order valence-electron chi connectivity index (χ0n) is 15.0. The van der Waals surface area contributed by atoms with Crippen molar-refractivity contribution in [1.82, 2.24) is 25.1 Å². The van der Waals surface area contributed by atoms with Crippen LogP contribution in [-0.2, 0) is 13.1 Å². The molecule has 138 valence electrons. The zero-order chi connectivity index (χ0) is 18.1. The van der Waals surface area contributed by atoms with Gasteiger partial charge in [0.2, 0.25) is 5.95 Å². The minimum atomic E-state index is -0.126. The van der Waals surface area contributed by atoms with Gasteiger partial charge in [-0.25, -0.2) is 9.97 Å². The molecule has 0 spiro atoms. The fourth-order valence-electron chi connectivity index (χ4n) is 3.74. The molecule has 0 unspecified atom stereocenters. The number of hydrogen-bond donors (Lipinski definition) is 3. The maximum absolute atomic E-state index is 12.3. The van der Waals surface area contributed by atoms with Gasteiger partial charge in [-0.1, -0.05) is 19.8 Å². The molecule has 2 atom stereocenters. The number of rotatable bonds is 5. The Morgan fingerprint density at radius 2 is 2.19 bits per heavy atom. The van der Waals surface area contributed by atoms with Crippen molar-refractivity contribution in [2.45, 2.75) is 64.2 Å². The Balaban J connectivity index is 1.69. The lowest BCUT2D eigenvalue weighted by Crippen LogP contribution is -2.43. The second-order valence-electron chi connectivity index (χ2n) is 7.09. The minimum absolute atomic E-state index is 0.108. The van der Waals surface area contributed by atoms with Crippen LogP contribution in [0.1, 0.15) is 55.1 Å². The molecule has 0 saturated heterocycles. The van der Waals surface area contributed by atoms with Crippen LogP contribution in [0.15, 0.2) is 12.4 Å². The lowest BCUT2D eigenvalue weighted by Gasteiger charge is -2.29. The van der Waals surface area contributed by atoms with Crippen LogP contribution >= 0.6 is 0 Å². The third-order valence-corrected chi connectivity index (χ3v) is 5.12. The molecule has 4 N–H and O–H groups in total. The molecule has 2 aromatic rings. The number of aromatic nitrogens is 4. The van der Waals surface area contributed by atoms with E-state index >= 15 is 0 Å². The van der Waals surface area contributed by atoms with Gasteiger partial charge in [-0.2, -0.15) is 5.10 Å². The smallest absolute Gasteiger partial charge is 0.255 e. The molecule has 8 heteroatoms. The van der Waals surface area contributed by atoms with E-state index in [-0.39, 0.29) is 18.0 Å². The van der Waals surface area contributed by atoms with E-state index < -0.39 is 0 Å². The van der Waals surface area contributed by atoms with Crippen LogP contribution in [-0.4, -0.2) is 37.7 Å². The summed E-state index contributed by atoms with van der Waals surface area (Å²) in [5.74, 6) is 0.417. The van der Waals surface area contributed by atoms with Crippen LogP contribution < -0.4 is 16.4 Å². The second-order valence-corrected chi connectivity index (χ2v) is 7.09. The van der Waals surface area contributed by atoms with E-state index in [9.17, 15) is 4.79 Å². The van der Waals surface area contributed by atoms with E-state index in [0.717, 1.165) is 43.5 Å². The lowest BCUT2D eigenvalue weighted by atomic mass is 9.91. The van der Waals surface area contributed by atoms with Crippen LogP contribution in [0.4, 0.5) is 5.95 Å². The summed E-state index contributed by atoms with van der Waals surface area (Å²) in [7, 11) is 0. The predicted molar refractivity (Wildman–Crippen MR) is 98.6 cm³/mol. The van der Waals surface area contributed by atoms with Crippen molar-refractivity contribution in [2.24, 2.45) is 5.73 Å². The summed E-state index contributed by atoms with van der Waals surface area (Å²) in [6.07, 6.45) is 9.06. The topological polar surface area (TPSA) is 111 Å². The molecule has 3 heterocycles. The average Bonchev–Trinajstić information content (AvgIpc) is 3.24. The molecular weight excluding hydrogens is 330 g/mol. The highest BCUT2D eigenvalue weighted by atomic mass is 16.1. The van der Waals surface area contributed by atoms with Crippen LogP contribution in [0.3, 0.4) is 0 Å². The van der Waals surface area contributed by atoms with Crippen LogP contribution in [0.5, 0.6) is 0 Å². The van der Waals surface area contributed by atoms with Crippen molar-refractivity contribution in [3.8, 4) is 11.3 Å². The summed E-state index contributed by atoms with van der Waals surface area (Å²) in [5, 5.41) is 10.6. The normalized spacial score (nSPS) is 22.2. The summed E-state index contributed by atoms with van der Waals surface area (Å²) in [6, 6.07) is 0.277. The molecule has 26 heavy (non-hydrogen) atoms. The molecule has 2 aromatic heterocycles. The van der Waals surface area contributed by atoms with Gasteiger partial charge in [0.25, 0.3) is 5.91 Å². The van der Waals surface area contributed by atoms with Crippen molar-refractivity contribution < 1.29 is 4.79 Å². The van der Waals surface area contributed by atoms with Crippen molar-refractivity contribution in [1.29, 1.82) is 0 Å². The number of nitrogens with zero attached hydrogens (tertiary/aromatic N) is 4. The molecule has 0 bridgehead atoms. The average molecular weight is 355 g/mol. The molecule has 0 aromatic carbocycles. The van der Waals surface area contributed by atoms with E-state index in [0.29, 0.717) is 23.8 Å². The van der Waals surface area contributed by atoms with Gasteiger partial charge in [0, 0.05) is 30.4 Å². The standard InChI is InChI=1S/C18H25N7O/c1-2-7-25-10-11(8-21-25)16-15-14(9-20-17(15)26)23-18(24-16)22-13-6-4-3-5-12(13)19/h8,10,12-13H,2-7,9,19H2,1H3,(H,20,26)(H,22,23,24)/t12-,13+/m0/s1. The second kappa shape index (κ2) is 7.03. The molecular formula is C18H25N7O. The molecule has 4 rings (SSSR count). The first kappa shape index (κ1) is 17.0. The Morgan fingerprint density at radius 3 is 3.00 bits per heavy atom. The highest BCUT2D eigenvalue weighted by Crippen LogP contribution is 2.29. The Kier molecular flexibility index (Phi) is 4.58. The number of carbonyl (C=O) groups is 1. The molecule has 1 amide bonds. The van der Waals surface area contributed by atoms with E-state index in [1.165, 1.54) is 6.42 Å². The summed E-state index contributed by atoms with van der Waals surface area (Å²) in [4.78, 5) is 21.5. The fraction of sp³-hybridized carbons (Fsp3) is 0.556. The third-order valence-electron chi connectivity index (χ3n) is 5.12.